The number of hydrogen-bond acceptors (Lipinski definition) is 6. The minimum atomic E-state index is -0.0535. The third-order valence-corrected chi connectivity index (χ3v) is 6.94. The normalized spacial score (nSPS) is 14.4. The second-order valence-corrected chi connectivity index (χ2v) is 9.68. The highest BCUT2D eigenvalue weighted by atomic mass is 16.5. The molecule has 39 heavy (non-hydrogen) atoms. The zero-order valence-electron chi connectivity index (χ0n) is 22.3. The predicted molar refractivity (Wildman–Crippen MR) is 157 cm³/mol. The van der Waals surface area contributed by atoms with Crippen LogP contribution in [0, 0.1) is 0 Å². The molecule has 0 saturated carbocycles. The zero-order chi connectivity index (χ0) is 26.9. The van der Waals surface area contributed by atoms with Gasteiger partial charge in [-0.3, -0.25) is 9.69 Å². The molecule has 3 aromatic carbocycles. The summed E-state index contributed by atoms with van der Waals surface area (Å²) in [6.45, 7) is 4.57. The van der Waals surface area contributed by atoms with Gasteiger partial charge in [-0.15, -0.1) is 0 Å². The first-order valence-electron chi connectivity index (χ1n) is 13.4. The quantitative estimate of drug-likeness (QED) is 0.335. The lowest BCUT2D eigenvalue weighted by atomic mass is 10.1. The van der Waals surface area contributed by atoms with Gasteiger partial charge in [-0.05, 0) is 47.9 Å². The smallest absolute Gasteiger partial charge is 0.257 e. The van der Waals surface area contributed by atoms with E-state index in [4.69, 9.17) is 4.74 Å². The van der Waals surface area contributed by atoms with Crippen molar-refractivity contribution in [3.8, 4) is 5.75 Å². The van der Waals surface area contributed by atoms with Gasteiger partial charge in [0.25, 0.3) is 5.91 Å². The van der Waals surface area contributed by atoms with E-state index in [1.54, 1.807) is 13.3 Å². The minimum absolute atomic E-state index is 0.0535. The van der Waals surface area contributed by atoms with Crippen molar-refractivity contribution in [1.82, 2.24) is 14.8 Å². The molecule has 2 N–H and O–H groups in total. The molecule has 0 aliphatic carbocycles. The van der Waals surface area contributed by atoms with Crippen LogP contribution < -0.4 is 15.4 Å². The van der Waals surface area contributed by atoms with Gasteiger partial charge in [0.1, 0.15) is 11.6 Å². The number of anilines is 3. The second-order valence-electron chi connectivity index (χ2n) is 9.68. The Balaban J connectivity index is 1.42. The molecule has 4 aromatic rings. The van der Waals surface area contributed by atoms with Crippen molar-refractivity contribution in [2.24, 2.45) is 0 Å². The number of benzene rings is 3. The summed E-state index contributed by atoms with van der Waals surface area (Å²) in [5, 5.41) is 6.92. The molecule has 0 radical (unpaired) electrons. The number of carbonyl (C=O) groups is 1. The van der Waals surface area contributed by atoms with Crippen molar-refractivity contribution in [3.63, 3.8) is 0 Å². The maximum atomic E-state index is 14.1. The molecule has 1 aromatic heterocycles. The molecule has 0 fully saturated rings. The first kappa shape index (κ1) is 26.3. The van der Waals surface area contributed by atoms with E-state index in [9.17, 15) is 4.79 Å². The summed E-state index contributed by atoms with van der Waals surface area (Å²) in [5.74, 6) is 1.21. The van der Waals surface area contributed by atoms with E-state index in [-0.39, 0.29) is 5.91 Å². The SMILES string of the molecule is COc1cccc(Nc2ncccc2C(=O)N2CCN(Cc3ccccc3)CCCNc3ccccc3C2)c1. The molecule has 0 bridgehead atoms. The molecule has 7 nitrogen and oxygen atoms in total. The number of rotatable bonds is 6. The number of aromatic nitrogens is 1. The molecule has 2 heterocycles. The van der Waals surface area contributed by atoms with E-state index >= 15 is 0 Å². The standard InChI is InChI=1S/C32H35N5O2/c1-39-28-14-7-13-27(22-28)35-31-29(15-8-17-34-31)32(38)37-21-20-36(23-25-10-3-2-4-11-25)19-9-18-33-30-16-6-5-12-26(30)24-37/h2-8,10-17,22,33H,9,18-21,23-24H2,1H3,(H,34,35). The van der Waals surface area contributed by atoms with Crippen LogP contribution in [0.15, 0.2) is 97.2 Å². The van der Waals surface area contributed by atoms with Crippen molar-refractivity contribution in [1.29, 1.82) is 0 Å². The number of fused-ring (bicyclic) bond motifs is 1. The summed E-state index contributed by atoms with van der Waals surface area (Å²) in [6.07, 6.45) is 2.72. The lowest BCUT2D eigenvalue weighted by molar-refractivity contribution is 0.0721. The van der Waals surface area contributed by atoms with Crippen molar-refractivity contribution in [3.05, 3.63) is 114 Å². The summed E-state index contributed by atoms with van der Waals surface area (Å²) in [4.78, 5) is 23.0. The molecule has 0 saturated heterocycles. The number of carbonyl (C=O) groups excluding carboxylic acids is 1. The lowest BCUT2D eigenvalue weighted by Gasteiger charge is -2.28. The van der Waals surface area contributed by atoms with Crippen LogP contribution in [-0.4, -0.2) is 54.0 Å². The number of pyridine rings is 1. The fourth-order valence-electron chi connectivity index (χ4n) is 4.87. The molecule has 1 aliphatic heterocycles. The molecule has 5 rings (SSSR count). The van der Waals surface area contributed by atoms with Crippen LogP contribution >= 0.6 is 0 Å². The van der Waals surface area contributed by atoms with Gasteiger partial charge in [0.15, 0.2) is 0 Å². The summed E-state index contributed by atoms with van der Waals surface area (Å²) in [5.41, 5.74) is 4.80. The lowest BCUT2D eigenvalue weighted by Crippen LogP contribution is -2.38. The first-order chi connectivity index (χ1) is 19.2. The number of methoxy groups -OCH3 is 1. The van der Waals surface area contributed by atoms with Gasteiger partial charge < -0.3 is 20.3 Å². The Bertz CT molecular complexity index is 1380. The third-order valence-electron chi connectivity index (χ3n) is 6.94. The Morgan fingerprint density at radius 1 is 0.949 bits per heavy atom. The van der Waals surface area contributed by atoms with Crippen LogP contribution in [0.3, 0.4) is 0 Å². The van der Waals surface area contributed by atoms with E-state index < -0.39 is 0 Å². The molecular weight excluding hydrogens is 486 g/mol. The van der Waals surface area contributed by atoms with Crippen molar-refractivity contribution >= 4 is 23.1 Å². The summed E-state index contributed by atoms with van der Waals surface area (Å²) < 4.78 is 5.36. The maximum absolute atomic E-state index is 14.1. The number of amides is 1. The molecule has 200 valence electrons. The summed E-state index contributed by atoms with van der Waals surface area (Å²) in [7, 11) is 1.64. The average molecular weight is 522 g/mol. The Kier molecular flexibility index (Phi) is 8.71. The Hall–Kier alpha value is -4.36. The number of nitrogens with one attached hydrogen (secondary N) is 2. The summed E-state index contributed by atoms with van der Waals surface area (Å²) in [6, 6.07) is 30.1. The largest absolute Gasteiger partial charge is 0.497 e. The van der Waals surface area contributed by atoms with Crippen LogP contribution in [0.1, 0.15) is 27.9 Å². The van der Waals surface area contributed by atoms with Crippen LogP contribution in [0.25, 0.3) is 0 Å². The number of para-hydroxylation sites is 1. The van der Waals surface area contributed by atoms with Crippen LogP contribution in [-0.2, 0) is 13.1 Å². The maximum Gasteiger partial charge on any atom is 0.257 e. The Morgan fingerprint density at radius 3 is 2.67 bits per heavy atom. The van der Waals surface area contributed by atoms with Gasteiger partial charge in [0, 0.05) is 62.9 Å². The number of nitrogens with zero attached hydrogens (tertiary/aromatic N) is 3. The van der Waals surface area contributed by atoms with Gasteiger partial charge in [-0.25, -0.2) is 4.98 Å². The van der Waals surface area contributed by atoms with Gasteiger partial charge >= 0.3 is 0 Å². The van der Waals surface area contributed by atoms with Crippen molar-refractivity contribution in [2.75, 3.05) is 43.9 Å². The highest BCUT2D eigenvalue weighted by Crippen LogP contribution is 2.25. The Morgan fingerprint density at radius 2 is 1.79 bits per heavy atom. The minimum Gasteiger partial charge on any atom is -0.497 e. The molecule has 0 atom stereocenters. The van der Waals surface area contributed by atoms with Crippen LogP contribution in [0.5, 0.6) is 5.75 Å². The van der Waals surface area contributed by atoms with Gasteiger partial charge in [-0.1, -0.05) is 54.6 Å². The van der Waals surface area contributed by atoms with E-state index in [1.165, 1.54) is 5.56 Å². The predicted octanol–water partition coefficient (Wildman–Crippen LogP) is 5.79. The molecule has 1 amide bonds. The molecule has 0 unspecified atom stereocenters. The van der Waals surface area contributed by atoms with Crippen molar-refractivity contribution in [2.45, 2.75) is 19.5 Å². The van der Waals surface area contributed by atoms with Crippen molar-refractivity contribution < 1.29 is 9.53 Å². The molecule has 7 heteroatoms. The monoisotopic (exact) mass is 521 g/mol. The number of hydrogen-bond donors (Lipinski definition) is 2. The average Bonchev–Trinajstić information content (AvgIpc) is 3.02. The van der Waals surface area contributed by atoms with Gasteiger partial charge in [-0.2, -0.15) is 0 Å². The van der Waals surface area contributed by atoms with Crippen LogP contribution in [0.2, 0.25) is 0 Å². The van der Waals surface area contributed by atoms with E-state index in [0.717, 1.165) is 55.3 Å². The fraction of sp³-hybridized carbons (Fsp3) is 0.250. The fourth-order valence-corrected chi connectivity index (χ4v) is 4.87. The van der Waals surface area contributed by atoms with E-state index in [0.29, 0.717) is 24.5 Å². The topological polar surface area (TPSA) is 69.7 Å². The first-order valence-corrected chi connectivity index (χ1v) is 13.4. The van der Waals surface area contributed by atoms with Gasteiger partial charge in [0.2, 0.25) is 0 Å². The highest BCUT2D eigenvalue weighted by Gasteiger charge is 2.23. The number of ether oxygens (including phenoxy) is 1. The van der Waals surface area contributed by atoms with E-state index in [1.807, 2.05) is 59.5 Å². The second kappa shape index (κ2) is 12.9. The third kappa shape index (κ3) is 6.94. The Labute approximate surface area is 230 Å². The molecular formula is C32H35N5O2. The summed E-state index contributed by atoms with van der Waals surface area (Å²) >= 11 is 0. The van der Waals surface area contributed by atoms with E-state index in [2.05, 4.69) is 56.9 Å². The van der Waals surface area contributed by atoms with Gasteiger partial charge in [0.05, 0.1) is 12.7 Å². The highest BCUT2D eigenvalue weighted by molar-refractivity contribution is 5.99. The zero-order valence-corrected chi connectivity index (χ0v) is 22.3. The van der Waals surface area contributed by atoms with Crippen LogP contribution in [0.4, 0.5) is 17.2 Å². The molecule has 1 aliphatic rings. The molecule has 0 spiro atoms.